The number of benzene rings is 3. The van der Waals surface area contributed by atoms with E-state index in [0.29, 0.717) is 12.2 Å². The number of hydrogen-bond donors (Lipinski definition) is 1. The molecular weight excluding hydrogens is 402 g/mol. The first-order chi connectivity index (χ1) is 15.6. The molecule has 3 fully saturated rings. The number of amides is 3. The SMILES string of the molecule is O=C1[C@H]2[C@H]3CCCN3[C@@]3(C(=O)Nc4ccccc43)[C@@H]2C(=O)N1c1cccc2ccccc12. The smallest absolute Gasteiger partial charge is 0.250 e. The van der Waals surface area contributed by atoms with Crippen molar-refractivity contribution in [2.45, 2.75) is 24.4 Å². The minimum Gasteiger partial charge on any atom is -0.324 e. The summed E-state index contributed by atoms with van der Waals surface area (Å²) in [6, 6.07) is 21.0. The molecule has 4 aliphatic heterocycles. The van der Waals surface area contributed by atoms with Crippen LogP contribution in [0.25, 0.3) is 10.8 Å². The standard InChI is InChI=1S/C26H21N3O3/c30-23-21-20-13-6-14-28(20)26(17-10-3-4-11-18(17)27-25(26)32)22(21)24(31)29(23)19-12-5-8-15-7-1-2-9-16(15)19/h1-5,7-12,20-22H,6,13-14H2,(H,27,32)/t20-,21+,22+,26-/m1/s1. The lowest BCUT2D eigenvalue weighted by Gasteiger charge is -2.36. The Morgan fingerprint density at radius 1 is 0.875 bits per heavy atom. The second-order valence-electron chi connectivity index (χ2n) is 9.18. The van der Waals surface area contributed by atoms with E-state index in [9.17, 15) is 14.4 Å². The van der Waals surface area contributed by atoms with E-state index in [1.54, 1.807) is 0 Å². The lowest BCUT2D eigenvalue weighted by atomic mass is 9.75. The van der Waals surface area contributed by atoms with Crippen molar-refractivity contribution in [2.75, 3.05) is 16.8 Å². The van der Waals surface area contributed by atoms with Gasteiger partial charge in [-0.15, -0.1) is 0 Å². The molecule has 0 radical (unpaired) electrons. The average Bonchev–Trinajstić information content (AvgIpc) is 3.52. The van der Waals surface area contributed by atoms with Gasteiger partial charge in [0.15, 0.2) is 0 Å². The molecule has 32 heavy (non-hydrogen) atoms. The van der Waals surface area contributed by atoms with Crippen molar-refractivity contribution in [2.24, 2.45) is 11.8 Å². The Balaban J connectivity index is 1.45. The molecule has 0 bridgehead atoms. The quantitative estimate of drug-likeness (QED) is 0.610. The molecule has 0 aliphatic carbocycles. The van der Waals surface area contributed by atoms with Crippen molar-refractivity contribution >= 4 is 39.9 Å². The monoisotopic (exact) mass is 423 g/mol. The number of nitrogens with one attached hydrogen (secondary N) is 1. The van der Waals surface area contributed by atoms with Gasteiger partial charge in [0.1, 0.15) is 5.54 Å². The van der Waals surface area contributed by atoms with Gasteiger partial charge >= 0.3 is 0 Å². The molecule has 6 nitrogen and oxygen atoms in total. The Labute approximate surface area is 184 Å². The minimum absolute atomic E-state index is 0.103. The van der Waals surface area contributed by atoms with E-state index < -0.39 is 17.4 Å². The van der Waals surface area contributed by atoms with E-state index in [1.807, 2.05) is 66.7 Å². The molecule has 6 heteroatoms. The van der Waals surface area contributed by atoms with Crippen LogP contribution >= 0.6 is 0 Å². The Kier molecular flexibility index (Phi) is 3.42. The number of nitrogens with zero attached hydrogens (tertiary/aromatic N) is 2. The van der Waals surface area contributed by atoms with Crippen molar-refractivity contribution in [1.29, 1.82) is 0 Å². The molecule has 0 aromatic heterocycles. The molecule has 0 saturated carbocycles. The number of para-hydroxylation sites is 1. The van der Waals surface area contributed by atoms with Crippen LogP contribution in [-0.2, 0) is 19.9 Å². The van der Waals surface area contributed by atoms with Crippen molar-refractivity contribution in [3.63, 3.8) is 0 Å². The zero-order valence-electron chi connectivity index (χ0n) is 17.3. The first kappa shape index (κ1) is 18.1. The third-order valence-corrected chi connectivity index (χ3v) is 7.91. The predicted molar refractivity (Wildman–Crippen MR) is 120 cm³/mol. The molecule has 158 valence electrons. The summed E-state index contributed by atoms with van der Waals surface area (Å²) in [6.07, 6.45) is 1.74. The fraction of sp³-hybridized carbons (Fsp3) is 0.269. The lowest BCUT2D eigenvalue weighted by Crippen LogP contribution is -2.54. The first-order valence-electron chi connectivity index (χ1n) is 11.2. The van der Waals surface area contributed by atoms with Crippen LogP contribution in [0.1, 0.15) is 18.4 Å². The van der Waals surface area contributed by atoms with Crippen molar-refractivity contribution in [1.82, 2.24) is 4.90 Å². The first-order valence-corrected chi connectivity index (χ1v) is 11.2. The third kappa shape index (κ3) is 1.93. The van der Waals surface area contributed by atoms with Crippen LogP contribution in [0.15, 0.2) is 66.7 Å². The molecule has 1 spiro atoms. The summed E-state index contributed by atoms with van der Waals surface area (Å²) in [5.41, 5.74) is 1.06. The molecule has 7 rings (SSSR count). The van der Waals surface area contributed by atoms with Crippen molar-refractivity contribution in [3.05, 3.63) is 72.3 Å². The molecule has 3 aromatic rings. The van der Waals surface area contributed by atoms with Crippen LogP contribution in [0, 0.1) is 11.8 Å². The normalized spacial score (nSPS) is 30.8. The number of anilines is 2. The van der Waals surface area contributed by atoms with E-state index in [4.69, 9.17) is 0 Å². The highest BCUT2D eigenvalue weighted by Crippen LogP contribution is 2.60. The number of carbonyl (C=O) groups excluding carboxylic acids is 3. The molecule has 3 amide bonds. The summed E-state index contributed by atoms with van der Waals surface area (Å²) >= 11 is 0. The van der Waals surface area contributed by atoms with Crippen molar-refractivity contribution < 1.29 is 14.4 Å². The topological polar surface area (TPSA) is 69.7 Å². The van der Waals surface area contributed by atoms with Gasteiger partial charge in [-0.05, 0) is 36.9 Å². The Hall–Kier alpha value is -3.51. The zero-order chi connectivity index (χ0) is 21.6. The molecule has 3 saturated heterocycles. The molecule has 4 atom stereocenters. The highest BCUT2D eigenvalue weighted by Gasteiger charge is 2.74. The second-order valence-corrected chi connectivity index (χ2v) is 9.18. The summed E-state index contributed by atoms with van der Waals surface area (Å²) < 4.78 is 0. The van der Waals surface area contributed by atoms with E-state index in [-0.39, 0.29) is 23.8 Å². The van der Waals surface area contributed by atoms with Gasteiger partial charge in [0.2, 0.25) is 17.7 Å². The summed E-state index contributed by atoms with van der Waals surface area (Å²) in [7, 11) is 0. The number of imide groups is 1. The zero-order valence-corrected chi connectivity index (χ0v) is 17.3. The van der Waals surface area contributed by atoms with Gasteiger partial charge in [-0.3, -0.25) is 19.3 Å². The molecular formula is C26H21N3O3. The minimum atomic E-state index is -1.12. The molecule has 4 heterocycles. The maximum Gasteiger partial charge on any atom is 0.250 e. The molecule has 1 N–H and O–H groups in total. The third-order valence-electron chi connectivity index (χ3n) is 7.91. The fourth-order valence-corrected chi connectivity index (χ4v) is 6.80. The summed E-state index contributed by atoms with van der Waals surface area (Å²) in [6.45, 7) is 0.717. The van der Waals surface area contributed by atoms with Crippen LogP contribution in [0.2, 0.25) is 0 Å². The van der Waals surface area contributed by atoms with Crippen molar-refractivity contribution in [3.8, 4) is 0 Å². The van der Waals surface area contributed by atoms with E-state index in [1.165, 1.54) is 4.90 Å². The number of fused-ring (bicyclic) bond motifs is 8. The number of carbonyl (C=O) groups is 3. The molecule has 4 aliphatic rings. The predicted octanol–water partition coefficient (Wildman–Crippen LogP) is 3.27. The summed E-state index contributed by atoms with van der Waals surface area (Å²) in [5, 5.41) is 4.85. The summed E-state index contributed by atoms with van der Waals surface area (Å²) in [5.74, 6) is -1.86. The number of rotatable bonds is 1. The molecule has 3 aromatic carbocycles. The molecule has 0 unspecified atom stereocenters. The van der Waals surface area contributed by atoms with E-state index in [2.05, 4.69) is 10.2 Å². The lowest BCUT2D eigenvalue weighted by molar-refractivity contribution is -0.135. The number of hydrogen-bond acceptors (Lipinski definition) is 4. The maximum absolute atomic E-state index is 14.1. The average molecular weight is 423 g/mol. The van der Waals surface area contributed by atoms with Crippen LogP contribution in [0.5, 0.6) is 0 Å². The van der Waals surface area contributed by atoms with Gasteiger partial charge in [0.05, 0.1) is 17.5 Å². The van der Waals surface area contributed by atoms with E-state index >= 15 is 0 Å². The Morgan fingerprint density at radius 2 is 1.66 bits per heavy atom. The highest BCUT2D eigenvalue weighted by molar-refractivity contribution is 6.28. The van der Waals surface area contributed by atoms with Gasteiger partial charge in [-0.2, -0.15) is 0 Å². The van der Waals surface area contributed by atoms with Crippen LogP contribution in [0.4, 0.5) is 11.4 Å². The fourth-order valence-electron chi connectivity index (χ4n) is 6.80. The van der Waals surface area contributed by atoms with Gasteiger partial charge in [0, 0.05) is 22.7 Å². The van der Waals surface area contributed by atoms with Gasteiger partial charge in [0.25, 0.3) is 0 Å². The van der Waals surface area contributed by atoms with Crippen LogP contribution in [0.3, 0.4) is 0 Å². The second kappa shape index (κ2) is 6.04. The largest absolute Gasteiger partial charge is 0.324 e. The van der Waals surface area contributed by atoms with Crippen LogP contribution in [-0.4, -0.2) is 35.2 Å². The van der Waals surface area contributed by atoms with Crippen LogP contribution < -0.4 is 10.2 Å². The van der Waals surface area contributed by atoms with E-state index in [0.717, 1.165) is 34.9 Å². The Bertz CT molecular complexity index is 1350. The Morgan fingerprint density at radius 3 is 2.56 bits per heavy atom. The van der Waals surface area contributed by atoms with Gasteiger partial charge in [-0.25, -0.2) is 4.90 Å². The maximum atomic E-state index is 14.1. The van der Waals surface area contributed by atoms with Gasteiger partial charge < -0.3 is 5.32 Å². The van der Waals surface area contributed by atoms with Gasteiger partial charge in [-0.1, -0.05) is 54.6 Å². The summed E-state index contributed by atoms with van der Waals surface area (Å²) in [4.78, 5) is 45.1. The highest BCUT2D eigenvalue weighted by atomic mass is 16.2.